The second-order valence-corrected chi connectivity index (χ2v) is 11.2. The molecule has 4 heterocycles. The van der Waals surface area contributed by atoms with Gasteiger partial charge >= 0.3 is 0 Å². The second kappa shape index (κ2) is 8.57. The van der Waals surface area contributed by atoms with Crippen molar-refractivity contribution in [1.29, 1.82) is 0 Å². The molecule has 1 unspecified atom stereocenters. The van der Waals surface area contributed by atoms with Crippen LogP contribution >= 0.6 is 0 Å². The fourth-order valence-corrected chi connectivity index (χ4v) is 5.94. The Labute approximate surface area is 195 Å². The molecule has 1 aliphatic rings. The molecule has 0 spiro atoms. The Morgan fingerprint density at radius 2 is 1.94 bits per heavy atom. The molecule has 182 valence electrons. The van der Waals surface area contributed by atoms with Crippen LogP contribution in [0.15, 0.2) is 24.5 Å². The molecule has 1 saturated heterocycles. The molecule has 0 aliphatic carbocycles. The third-order valence-electron chi connectivity index (χ3n) is 5.35. The van der Waals surface area contributed by atoms with Gasteiger partial charge in [-0.25, -0.2) is 31.8 Å². The fraction of sp³-hybridized carbons (Fsp3) is 0.455. The molecule has 0 bridgehead atoms. The van der Waals surface area contributed by atoms with Crippen LogP contribution in [0.3, 0.4) is 0 Å². The summed E-state index contributed by atoms with van der Waals surface area (Å²) < 4.78 is 57.5. The molecule has 1 atom stereocenters. The van der Waals surface area contributed by atoms with Crippen molar-refractivity contribution in [1.82, 2.24) is 25.1 Å². The first-order valence-electron chi connectivity index (χ1n) is 10.7. The van der Waals surface area contributed by atoms with Crippen molar-refractivity contribution in [3.8, 4) is 11.6 Å². The highest BCUT2D eigenvalue weighted by atomic mass is 32.2. The lowest BCUT2D eigenvalue weighted by atomic mass is 10.0. The summed E-state index contributed by atoms with van der Waals surface area (Å²) in [5.74, 6) is -1.42. The van der Waals surface area contributed by atoms with E-state index in [-0.39, 0.29) is 41.2 Å². The number of amides is 1. The number of carbonyl (C=O) groups is 1. The van der Waals surface area contributed by atoms with Gasteiger partial charge in [-0.05, 0) is 25.8 Å². The SMILES string of the molecule is CC(F)COc1cc(-n2nc(C(C)C)c3cc(C(=O)NC4(C)CS(=O)(=O)C4)cnc32)c(F)cn1. The lowest BCUT2D eigenvalue weighted by Gasteiger charge is -2.38. The van der Waals surface area contributed by atoms with E-state index in [0.29, 0.717) is 16.7 Å². The van der Waals surface area contributed by atoms with Gasteiger partial charge in [0.1, 0.15) is 18.5 Å². The summed E-state index contributed by atoms with van der Waals surface area (Å²) >= 11 is 0. The number of aromatic nitrogens is 4. The number of rotatable bonds is 7. The van der Waals surface area contributed by atoms with E-state index >= 15 is 0 Å². The number of hydrogen-bond donors (Lipinski definition) is 1. The van der Waals surface area contributed by atoms with Crippen LogP contribution in [-0.2, 0) is 9.84 Å². The number of pyridine rings is 2. The van der Waals surface area contributed by atoms with Crippen molar-refractivity contribution in [2.75, 3.05) is 18.1 Å². The van der Waals surface area contributed by atoms with Crippen LogP contribution in [0.2, 0.25) is 0 Å². The smallest absolute Gasteiger partial charge is 0.253 e. The number of nitrogens with one attached hydrogen (secondary N) is 1. The Hall–Kier alpha value is -3.15. The highest BCUT2D eigenvalue weighted by molar-refractivity contribution is 7.93. The van der Waals surface area contributed by atoms with Gasteiger partial charge in [0.2, 0.25) is 5.88 Å². The first-order chi connectivity index (χ1) is 15.9. The largest absolute Gasteiger partial charge is 0.475 e. The Bertz CT molecular complexity index is 1360. The van der Waals surface area contributed by atoms with Gasteiger partial charge < -0.3 is 10.1 Å². The molecule has 9 nitrogen and oxygen atoms in total. The molecule has 0 radical (unpaired) electrons. The summed E-state index contributed by atoms with van der Waals surface area (Å²) in [4.78, 5) is 21.0. The van der Waals surface area contributed by atoms with E-state index < -0.39 is 33.3 Å². The summed E-state index contributed by atoms with van der Waals surface area (Å²) in [6.45, 7) is 6.58. The van der Waals surface area contributed by atoms with Crippen molar-refractivity contribution < 1.29 is 26.7 Å². The summed E-state index contributed by atoms with van der Waals surface area (Å²) in [5, 5.41) is 7.83. The number of sulfone groups is 1. The highest BCUT2D eigenvalue weighted by Crippen LogP contribution is 2.29. The van der Waals surface area contributed by atoms with Gasteiger partial charge in [0.05, 0.1) is 34.5 Å². The van der Waals surface area contributed by atoms with Crippen LogP contribution in [0, 0.1) is 5.82 Å². The third-order valence-corrected chi connectivity index (χ3v) is 7.51. The van der Waals surface area contributed by atoms with Gasteiger partial charge in [-0.15, -0.1) is 0 Å². The van der Waals surface area contributed by atoms with Crippen molar-refractivity contribution >= 4 is 26.8 Å². The molecular formula is C22H25F2N5O4S. The second-order valence-electron chi connectivity index (χ2n) is 9.16. The molecule has 3 aromatic rings. The van der Waals surface area contributed by atoms with Gasteiger partial charge in [-0.2, -0.15) is 5.10 Å². The summed E-state index contributed by atoms with van der Waals surface area (Å²) in [6.07, 6.45) is 1.07. The monoisotopic (exact) mass is 493 g/mol. The highest BCUT2D eigenvalue weighted by Gasteiger charge is 2.45. The average molecular weight is 494 g/mol. The van der Waals surface area contributed by atoms with Crippen LogP contribution in [0.4, 0.5) is 8.78 Å². The minimum atomic E-state index is -3.13. The molecule has 0 saturated carbocycles. The molecule has 1 N–H and O–H groups in total. The lowest BCUT2D eigenvalue weighted by molar-refractivity contribution is 0.0916. The van der Waals surface area contributed by atoms with E-state index in [1.807, 2.05) is 13.8 Å². The van der Waals surface area contributed by atoms with E-state index in [1.165, 1.54) is 23.9 Å². The summed E-state index contributed by atoms with van der Waals surface area (Å²) in [7, 11) is -3.13. The molecule has 1 amide bonds. The van der Waals surface area contributed by atoms with Crippen LogP contribution in [0.5, 0.6) is 5.88 Å². The van der Waals surface area contributed by atoms with Gasteiger partial charge in [0.25, 0.3) is 5.91 Å². The number of hydrogen-bond acceptors (Lipinski definition) is 7. The van der Waals surface area contributed by atoms with Crippen LogP contribution in [-0.4, -0.2) is 63.9 Å². The number of fused-ring (bicyclic) bond motifs is 1. The number of nitrogens with zero attached hydrogens (tertiary/aromatic N) is 4. The van der Waals surface area contributed by atoms with Crippen molar-refractivity contribution in [2.45, 2.75) is 45.3 Å². The number of carbonyl (C=O) groups excluding carboxylic acids is 1. The topological polar surface area (TPSA) is 116 Å². The van der Waals surface area contributed by atoms with E-state index in [4.69, 9.17) is 4.74 Å². The maximum absolute atomic E-state index is 14.7. The fourth-order valence-electron chi connectivity index (χ4n) is 3.94. The Kier molecular flexibility index (Phi) is 6.05. The van der Waals surface area contributed by atoms with E-state index in [0.717, 1.165) is 6.20 Å². The molecular weight excluding hydrogens is 468 g/mol. The normalized spacial score (nSPS) is 17.4. The van der Waals surface area contributed by atoms with Gasteiger partial charge in [-0.3, -0.25) is 4.79 Å². The minimum Gasteiger partial charge on any atom is -0.475 e. The predicted octanol–water partition coefficient (Wildman–Crippen LogP) is 2.73. The van der Waals surface area contributed by atoms with E-state index in [9.17, 15) is 22.0 Å². The first-order valence-corrected chi connectivity index (χ1v) is 12.5. The Balaban J connectivity index is 1.72. The van der Waals surface area contributed by atoms with Crippen molar-refractivity contribution in [3.63, 3.8) is 0 Å². The minimum absolute atomic E-state index is 0.0188. The molecule has 12 heteroatoms. The Morgan fingerprint density at radius 3 is 2.56 bits per heavy atom. The van der Waals surface area contributed by atoms with E-state index in [2.05, 4.69) is 20.4 Å². The average Bonchev–Trinajstić information content (AvgIpc) is 3.10. The zero-order valence-electron chi connectivity index (χ0n) is 19.2. The number of alkyl halides is 1. The third kappa shape index (κ3) is 4.72. The maximum Gasteiger partial charge on any atom is 0.253 e. The number of ether oxygens (including phenoxy) is 1. The van der Waals surface area contributed by atoms with Crippen molar-refractivity contribution in [2.24, 2.45) is 0 Å². The first kappa shape index (κ1) is 24.0. The summed E-state index contributed by atoms with van der Waals surface area (Å²) in [5.41, 5.74) is 0.322. The predicted molar refractivity (Wildman–Crippen MR) is 121 cm³/mol. The van der Waals surface area contributed by atoms with Crippen LogP contribution in [0.25, 0.3) is 16.7 Å². The standard InChI is InChI=1S/C22H25F2N5O4S/c1-12(2)19-15-5-14(21(30)27-22(4)10-34(31,32)11-22)7-26-20(15)29(28-19)17-6-18(25-8-16(17)24)33-9-13(3)23/h5-8,12-13H,9-11H2,1-4H3,(H,27,30). The molecule has 4 rings (SSSR count). The van der Waals surface area contributed by atoms with Gasteiger partial charge in [0, 0.05) is 17.6 Å². The zero-order chi connectivity index (χ0) is 24.8. The summed E-state index contributed by atoms with van der Waals surface area (Å²) in [6, 6.07) is 2.92. The molecule has 0 aromatic carbocycles. The van der Waals surface area contributed by atoms with E-state index in [1.54, 1.807) is 13.0 Å². The quantitative estimate of drug-likeness (QED) is 0.538. The molecule has 1 aliphatic heterocycles. The maximum atomic E-state index is 14.7. The lowest BCUT2D eigenvalue weighted by Crippen LogP contribution is -2.63. The van der Waals surface area contributed by atoms with Crippen LogP contribution in [0.1, 0.15) is 49.7 Å². The van der Waals surface area contributed by atoms with Crippen molar-refractivity contribution in [3.05, 3.63) is 41.6 Å². The van der Waals surface area contributed by atoms with Crippen LogP contribution < -0.4 is 10.1 Å². The molecule has 34 heavy (non-hydrogen) atoms. The number of halogens is 2. The Morgan fingerprint density at radius 1 is 1.24 bits per heavy atom. The van der Waals surface area contributed by atoms with Gasteiger partial charge in [-0.1, -0.05) is 13.8 Å². The zero-order valence-corrected chi connectivity index (χ0v) is 20.0. The molecule has 3 aromatic heterocycles. The van der Waals surface area contributed by atoms with Gasteiger partial charge in [0.15, 0.2) is 21.3 Å². The molecule has 1 fully saturated rings.